The number of ether oxygens (including phenoxy) is 1. The van der Waals surface area contributed by atoms with Crippen molar-refractivity contribution in [1.82, 2.24) is 9.55 Å². The van der Waals surface area contributed by atoms with Gasteiger partial charge in [-0.15, -0.1) is 0 Å². The summed E-state index contributed by atoms with van der Waals surface area (Å²) >= 11 is 0. The van der Waals surface area contributed by atoms with Crippen molar-refractivity contribution in [2.24, 2.45) is 0 Å². The van der Waals surface area contributed by atoms with Crippen molar-refractivity contribution in [1.29, 1.82) is 0 Å². The summed E-state index contributed by atoms with van der Waals surface area (Å²) in [6.45, 7) is 3.27. The zero-order valence-electron chi connectivity index (χ0n) is 9.76. The SMILES string of the molecule is Cc1cn([C@@H]2O[C@H](CO)C[C@H]2F)c(=O)nc1C. The maximum Gasteiger partial charge on any atom is 0.350 e. The van der Waals surface area contributed by atoms with Crippen LogP contribution in [0, 0.1) is 13.8 Å². The molecule has 17 heavy (non-hydrogen) atoms. The number of aromatic nitrogens is 2. The molecule has 5 nitrogen and oxygen atoms in total. The molecule has 0 radical (unpaired) electrons. The Morgan fingerprint density at radius 2 is 2.35 bits per heavy atom. The van der Waals surface area contributed by atoms with Gasteiger partial charge in [-0.05, 0) is 19.4 Å². The molecule has 2 rings (SSSR count). The molecule has 0 aliphatic carbocycles. The van der Waals surface area contributed by atoms with Gasteiger partial charge in [-0.3, -0.25) is 4.57 Å². The molecular weight excluding hydrogens is 227 g/mol. The van der Waals surface area contributed by atoms with Gasteiger partial charge in [0.05, 0.1) is 12.7 Å². The summed E-state index contributed by atoms with van der Waals surface area (Å²) in [6, 6.07) is 0. The van der Waals surface area contributed by atoms with E-state index in [2.05, 4.69) is 4.98 Å². The van der Waals surface area contributed by atoms with Crippen molar-refractivity contribution >= 4 is 0 Å². The minimum absolute atomic E-state index is 0.0977. The maximum atomic E-state index is 13.7. The molecule has 6 heteroatoms. The van der Waals surface area contributed by atoms with Gasteiger partial charge in [0, 0.05) is 18.3 Å². The van der Waals surface area contributed by atoms with Crippen molar-refractivity contribution in [3.05, 3.63) is 27.9 Å². The standard InChI is InChI=1S/C11H15FN2O3/c1-6-4-14(11(16)13-7(6)2)10-9(12)3-8(5-15)17-10/h4,8-10,15H,3,5H2,1-2H3/t8-,9+,10+/m0/s1. The van der Waals surface area contributed by atoms with Gasteiger partial charge in [-0.1, -0.05) is 0 Å². The van der Waals surface area contributed by atoms with Crippen molar-refractivity contribution in [2.75, 3.05) is 6.61 Å². The second-order valence-electron chi connectivity index (χ2n) is 4.28. The largest absolute Gasteiger partial charge is 0.394 e. The number of aliphatic hydroxyl groups is 1. The normalized spacial score (nSPS) is 28.6. The number of hydrogen-bond donors (Lipinski definition) is 1. The van der Waals surface area contributed by atoms with E-state index in [1.165, 1.54) is 0 Å². The summed E-state index contributed by atoms with van der Waals surface area (Å²) in [5, 5.41) is 8.92. The van der Waals surface area contributed by atoms with Gasteiger partial charge in [-0.25, -0.2) is 9.18 Å². The van der Waals surface area contributed by atoms with Crippen molar-refractivity contribution in [3.8, 4) is 0 Å². The fourth-order valence-corrected chi connectivity index (χ4v) is 1.89. The van der Waals surface area contributed by atoms with Crippen LogP contribution in [-0.2, 0) is 4.74 Å². The molecular formula is C11H15FN2O3. The highest BCUT2D eigenvalue weighted by atomic mass is 19.1. The molecule has 3 atom stereocenters. The Kier molecular flexibility index (Phi) is 3.26. The van der Waals surface area contributed by atoms with Crippen LogP contribution in [0.5, 0.6) is 0 Å². The van der Waals surface area contributed by atoms with E-state index in [1.54, 1.807) is 20.0 Å². The Balaban J connectivity index is 2.35. The van der Waals surface area contributed by atoms with E-state index < -0.39 is 24.2 Å². The molecule has 1 aromatic rings. The molecule has 0 spiro atoms. The van der Waals surface area contributed by atoms with Gasteiger partial charge in [-0.2, -0.15) is 4.98 Å². The first-order chi connectivity index (χ1) is 8.02. The van der Waals surface area contributed by atoms with Crippen LogP contribution < -0.4 is 5.69 Å². The lowest BCUT2D eigenvalue weighted by atomic mass is 10.2. The minimum Gasteiger partial charge on any atom is -0.394 e. The molecule has 2 heterocycles. The first-order valence-electron chi connectivity index (χ1n) is 5.49. The zero-order valence-corrected chi connectivity index (χ0v) is 9.76. The Bertz CT molecular complexity index is 474. The van der Waals surface area contributed by atoms with Gasteiger partial charge in [0.25, 0.3) is 0 Å². The van der Waals surface area contributed by atoms with Crippen LogP contribution >= 0.6 is 0 Å². The molecule has 0 unspecified atom stereocenters. The van der Waals surface area contributed by atoms with Crippen LogP contribution in [0.4, 0.5) is 4.39 Å². The molecule has 0 aromatic carbocycles. The molecule has 0 saturated carbocycles. The summed E-state index contributed by atoms with van der Waals surface area (Å²) in [5.74, 6) is 0. The predicted molar refractivity (Wildman–Crippen MR) is 58.5 cm³/mol. The molecule has 94 valence electrons. The first kappa shape index (κ1) is 12.2. The Labute approximate surface area is 97.9 Å². The fourth-order valence-electron chi connectivity index (χ4n) is 1.89. The van der Waals surface area contributed by atoms with Gasteiger partial charge in [0.2, 0.25) is 0 Å². The lowest BCUT2D eigenvalue weighted by Crippen LogP contribution is -2.31. The molecule has 1 aliphatic rings. The zero-order chi connectivity index (χ0) is 12.6. The van der Waals surface area contributed by atoms with Crippen molar-refractivity contribution < 1.29 is 14.2 Å². The van der Waals surface area contributed by atoms with E-state index in [1.807, 2.05) is 0 Å². The van der Waals surface area contributed by atoms with Crippen LogP contribution in [0.25, 0.3) is 0 Å². The lowest BCUT2D eigenvalue weighted by molar-refractivity contribution is -0.0394. The average molecular weight is 242 g/mol. The number of aliphatic hydroxyl groups excluding tert-OH is 1. The van der Waals surface area contributed by atoms with Crippen molar-refractivity contribution in [2.45, 2.75) is 38.8 Å². The first-order valence-corrected chi connectivity index (χ1v) is 5.49. The number of aryl methyl sites for hydroxylation is 2. The van der Waals surface area contributed by atoms with Crippen LogP contribution in [0.1, 0.15) is 23.9 Å². The summed E-state index contributed by atoms with van der Waals surface area (Å²) in [7, 11) is 0. The van der Waals surface area contributed by atoms with Gasteiger partial charge < -0.3 is 9.84 Å². The van der Waals surface area contributed by atoms with Crippen LogP contribution in [-0.4, -0.2) is 33.5 Å². The number of rotatable bonds is 2. The van der Waals surface area contributed by atoms with E-state index in [0.29, 0.717) is 5.69 Å². The molecule has 1 N–H and O–H groups in total. The third-order valence-electron chi connectivity index (χ3n) is 2.99. The highest BCUT2D eigenvalue weighted by Gasteiger charge is 2.37. The molecule has 1 aliphatic heterocycles. The van der Waals surface area contributed by atoms with Gasteiger partial charge in [0.15, 0.2) is 6.23 Å². The van der Waals surface area contributed by atoms with E-state index in [-0.39, 0.29) is 13.0 Å². The second kappa shape index (κ2) is 4.54. The second-order valence-corrected chi connectivity index (χ2v) is 4.28. The number of nitrogens with zero attached hydrogens (tertiary/aromatic N) is 2. The maximum absolute atomic E-state index is 13.7. The summed E-state index contributed by atoms with van der Waals surface area (Å²) in [4.78, 5) is 15.5. The predicted octanol–water partition coefficient (Wildman–Crippen LogP) is 0.478. The molecule has 0 amide bonds. The molecule has 0 bridgehead atoms. The molecule has 1 saturated heterocycles. The Morgan fingerprint density at radius 1 is 1.65 bits per heavy atom. The Morgan fingerprint density at radius 3 is 2.94 bits per heavy atom. The van der Waals surface area contributed by atoms with E-state index in [9.17, 15) is 9.18 Å². The quantitative estimate of drug-likeness (QED) is 0.819. The highest BCUT2D eigenvalue weighted by molar-refractivity contribution is 5.12. The number of hydrogen-bond acceptors (Lipinski definition) is 4. The summed E-state index contributed by atoms with van der Waals surface area (Å²) in [6.07, 6.45) is -1.19. The molecule has 1 aromatic heterocycles. The highest BCUT2D eigenvalue weighted by Crippen LogP contribution is 2.30. The Hall–Kier alpha value is -1.27. The monoisotopic (exact) mass is 242 g/mol. The lowest BCUT2D eigenvalue weighted by Gasteiger charge is -2.17. The summed E-state index contributed by atoms with van der Waals surface area (Å²) in [5.41, 5.74) is 0.894. The van der Waals surface area contributed by atoms with Gasteiger partial charge >= 0.3 is 5.69 Å². The molecule has 1 fully saturated rings. The number of halogens is 1. The summed E-state index contributed by atoms with van der Waals surface area (Å²) < 4.78 is 20.1. The fraction of sp³-hybridized carbons (Fsp3) is 0.636. The smallest absolute Gasteiger partial charge is 0.350 e. The average Bonchev–Trinajstić information content (AvgIpc) is 2.65. The third kappa shape index (κ3) is 2.23. The van der Waals surface area contributed by atoms with Crippen LogP contribution in [0.15, 0.2) is 11.0 Å². The van der Waals surface area contributed by atoms with Crippen LogP contribution in [0.3, 0.4) is 0 Å². The van der Waals surface area contributed by atoms with E-state index >= 15 is 0 Å². The van der Waals surface area contributed by atoms with Gasteiger partial charge in [0.1, 0.15) is 6.17 Å². The van der Waals surface area contributed by atoms with E-state index in [0.717, 1.165) is 10.1 Å². The van der Waals surface area contributed by atoms with E-state index in [4.69, 9.17) is 9.84 Å². The van der Waals surface area contributed by atoms with Crippen molar-refractivity contribution in [3.63, 3.8) is 0 Å². The third-order valence-corrected chi connectivity index (χ3v) is 2.99. The number of alkyl halides is 1. The minimum atomic E-state index is -1.30. The topological polar surface area (TPSA) is 64.3 Å². The van der Waals surface area contributed by atoms with Crippen LogP contribution in [0.2, 0.25) is 0 Å².